The molecule has 0 aliphatic heterocycles. The molecule has 5 heteroatoms. The van der Waals surface area contributed by atoms with E-state index in [9.17, 15) is 0 Å². The molecule has 0 bridgehead atoms. The van der Waals surface area contributed by atoms with Crippen LogP contribution in [0.2, 0.25) is 0 Å². The van der Waals surface area contributed by atoms with Crippen LogP contribution in [0.25, 0.3) is 9.75 Å². The van der Waals surface area contributed by atoms with Gasteiger partial charge in [-0.1, -0.05) is 0 Å². The first kappa shape index (κ1) is 12.3. The SMILES string of the molecule is NC(CCO)c1ccc(-c2ccc(Br)s2)s1. The van der Waals surface area contributed by atoms with E-state index in [0.29, 0.717) is 6.42 Å². The Bertz CT molecular complexity index is 466. The van der Waals surface area contributed by atoms with Crippen molar-refractivity contribution in [2.45, 2.75) is 12.5 Å². The summed E-state index contributed by atoms with van der Waals surface area (Å²) < 4.78 is 1.14. The van der Waals surface area contributed by atoms with Gasteiger partial charge in [-0.2, -0.15) is 0 Å². The molecule has 0 saturated carbocycles. The van der Waals surface area contributed by atoms with Crippen LogP contribution in [-0.2, 0) is 0 Å². The van der Waals surface area contributed by atoms with Crippen LogP contribution in [-0.4, -0.2) is 11.7 Å². The Balaban J connectivity index is 2.19. The Morgan fingerprint density at radius 1 is 1.19 bits per heavy atom. The maximum atomic E-state index is 8.85. The average Bonchev–Trinajstić information content (AvgIpc) is 2.85. The van der Waals surface area contributed by atoms with Crippen LogP contribution in [0.5, 0.6) is 0 Å². The van der Waals surface area contributed by atoms with Gasteiger partial charge in [-0.25, -0.2) is 0 Å². The molecule has 0 fully saturated rings. The van der Waals surface area contributed by atoms with Gasteiger partial charge >= 0.3 is 0 Å². The molecular weight excluding hydrogens is 306 g/mol. The maximum Gasteiger partial charge on any atom is 0.0705 e. The first-order valence-electron chi connectivity index (χ1n) is 4.92. The van der Waals surface area contributed by atoms with Crippen LogP contribution in [0, 0.1) is 0 Å². The topological polar surface area (TPSA) is 46.2 Å². The van der Waals surface area contributed by atoms with Crippen molar-refractivity contribution in [3.63, 3.8) is 0 Å². The highest BCUT2D eigenvalue weighted by molar-refractivity contribution is 9.11. The molecule has 2 aromatic rings. The summed E-state index contributed by atoms with van der Waals surface area (Å²) in [7, 11) is 0. The lowest BCUT2D eigenvalue weighted by atomic mass is 10.2. The summed E-state index contributed by atoms with van der Waals surface area (Å²) in [6.45, 7) is 0.138. The smallest absolute Gasteiger partial charge is 0.0705 e. The van der Waals surface area contributed by atoms with Gasteiger partial charge in [0, 0.05) is 27.3 Å². The van der Waals surface area contributed by atoms with Crippen molar-refractivity contribution in [1.82, 2.24) is 0 Å². The molecule has 0 saturated heterocycles. The van der Waals surface area contributed by atoms with E-state index in [4.69, 9.17) is 10.8 Å². The van der Waals surface area contributed by atoms with E-state index in [1.807, 2.05) is 12.1 Å². The van der Waals surface area contributed by atoms with Gasteiger partial charge in [0.2, 0.25) is 0 Å². The van der Waals surface area contributed by atoms with E-state index in [0.717, 1.165) is 8.66 Å². The number of aliphatic hydroxyl groups excluding tert-OH is 1. The van der Waals surface area contributed by atoms with Crippen LogP contribution in [0.1, 0.15) is 17.3 Å². The minimum absolute atomic E-state index is 0.0489. The molecule has 1 unspecified atom stereocenters. The summed E-state index contributed by atoms with van der Waals surface area (Å²) in [4.78, 5) is 3.62. The minimum Gasteiger partial charge on any atom is -0.396 e. The highest BCUT2D eigenvalue weighted by Gasteiger charge is 2.10. The first-order chi connectivity index (χ1) is 7.70. The fourth-order valence-electron chi connectivity index (χ4n) is 1.41. The number of nitrogens with two attached hydrogens (primary N) is 1. The molecule has 0 amide bonds. The van der Waals surface area contributed by atoms with Crippen LogP contribution in [0.15, 0.2) is 28.1 Å². The Morgan fingerprint density at radius 2 is 1.88 bits per heavy atom. The second-order valence-electron chi connectivity index (χ2n) is 3.42. The lowest BCUT2D eigenvalue weighted by Crippen LogP contribution is -2.09. The number of hydrogen-bond acceptors (Lipinski definition) is 4. The number of halogens is 1. The van der Waals surface area contributed by atoms with Gasteiger partial charge in [-0.05, 0) is 46.6 Å². The monoisotopic (exact) mass is 317 g/mol. The van der Waals surface area contributed by atoms with Gasteiger partial charge in [-0.3, -0.25) is 0 Å². The van der Waals surface area contributed by atoms with Crippen molar-refractivity contribution in [3.05, 3.63) is 32.9 Å². The largest absolute Gasteiger partial charge is 0.396 e. The molecule has 2 aromatic heterocycles. The Hall–Kier alpha value is -0.200. The van der Waals surface area contributed by atoms with Crippen molar-refractivity contribution < 1.29 is 5.11 Å². The minimum atomic E-state index is -0.0489. The molecule has 2 nitrogen and oxygen atoms in total. The molecule has 2 rings (SSSR count). The summed E-state index contributed by atoms with van der Waals surface area (Å²) in [5.74, 6) is 0. The first-order valence-corrected chi connectivity index (χ1v) is 7.35. The molecule has 2 heterocycles. The number of hydrogen-bond donors (Lipinski definition) is 2. The normalized spacial score (nSPS) is 12.9. The third kappa shape index (κ3) is 2.73. The van der Waals surface area contributed by atoms with Crippen LogP contribution < -0.4 is 5.73 Å². The van der Waals surface area contributed by atoms with E-state index < -0.39 is 0 Å². The molecule has 86 valence electrons. The Labute approximate surface area is 111 Å². The van der Waals surface area contributed by atoms with Crippen molar-refractivity contribution in [2.24, 2.45) is 5.73 Å². The number of aliphatic hydroxyl groups is 1. The molecule has 0 aliphatic rings. The third-order valence-corrected chi connectivity index (χ3v) is 5.28. The van der Waals surface area contributed by atoms with E-state index in [1.54, 1.807) is 22.7 Å². The van der Waals surface area contributed by atoms with Crippen LogP contribution >= 0.6 is 38.6 Å². The molecule has 16 heavy (non-hydrogen) atoms. The van der Waals surface area contributed by atoms with Crippen LogP contribution in [0.4, 0.5) is 0 Å². The van der Waals surface area contributed by atoms with E-state index in [1.165, 1.54) is 9.75 Å². The van der Waals surface area contributed by atoms with Gasteiger partial charge in [0.15, 0.2) is 0 Å². The fraction of sp³-hybridized carbons (Fsp3) is 0.273. The summed E-state index contributed by atoms with van der Waals surface area (Å²) in [6, 6.07) is 8.24. The van der Waals surface area contributed by atoms with Gasteiger partial charge in [0.1, 0.15) is 0 Å². The fourth-order valence-corrected chi connectivity index (χ4v) is 3.93. The standard InChI is InChI=1S/C11H12BrNOS2/c12-11-4-3-10(16-11)9-2-1-8(15-9)7(13)5-6-14/h1-4,7,14H,5-6,13H2. The van der Waals surface area contributed by atoms with Gasteiger partial charge in [0.25, 0.3) is 0 Å². The Kier molecular flexibility index (Phi) is 4.16. The highest BCUT2D eigenvalue weighted by Crippen LogP contribution is 2.37. The summed E-state index contributed by atoms with van der Waals surface area (Å²) in [5, 5.41) is 8.85. The van der Waals surface area contributed by atoms with E-state index in [2.05, 4.69) is 28.1 Å². The molecule has 0 spiro atoms. The van der Waals surface area contributed by atoms with Crippen molar-refractivity contribution in [3.8, 4) is 9.75 Å². The van der Waals surface area contributed by atoms with Gasteiger partial charge in [0.05, 0.1) is 3.79 Å². The second kappa shape index (κ2) is 5.42. The van der Waals surface area contributed by atoms with Crippen molar-refractivity contribution in [1.29, 1.82) is 0 Å². The highest BCUT2D eigenvalue weighted by atomic mass is 79.9. The van der Waals surface area contributed by atoms with E-state index >= 15 is 0 Å². The predicted molar refractivity (Wildman–Crippen MR) is 74.0 cm³/mol. The zero-order valence-electron chi connectivity index (χ0n) is 8.52. The molecule has 0 aliphatic carbocycles. The quantitative estimate of drug-likeness (QED) is 0.904. The number of rotatable bonds is 4. The zero-order chi connectivity index (χ0) is 11.5. The Morgan fingerprint density at radius 3 is 2.50 bits per heavy atom. The molecule has 0 radical (unpaired) electrons. The van der Waals surface area contributed by atoms with Crippen molar-refractivity contribution >= 4 is 38.6 Å². The van der Waals surface area contributed by atoms with Gasteiger partial charge < -0.3 is 10.8 Å². The van der Waals surface area contributed by atoms with Crippen LogP contribution in [0.3, 0.4) is 0 Å². The summed E-state index contributed by atoms with van der Waals surface area (Å²) >= 11 is 6.87. The summed E-state index contributed by atoms with van der Waals surface area (Å²) in [5.41, 5.74) is 5.95. The second-order valence-corrected chi connectivity index (χ2v) is 7.00. The lowest BCUT2D eigenvalue weighted by Gasteiger charge is -2.05. The van der Waals surface area contributed by atoms with E-state index in [-0.39, 0.29) is 12.6 Å². The number of thiophene rings is 2. The molecule has 0 aromatic carbocycles. The van der Waals surface area contributed by atoms with Crippen molar-refractivity contribution in [2.75, 3.05) is 6.61 Å². The predicted octanol–water partition coefficient (Wildman–Crippen LogP) is 3.62. The third-order valence-electron chi connectivity index (χ3n) is 2.25. The maximum absolute atomic E-state index is 8.85. The molecule has 3 N–H and O–H groups in total. The lowest BCUT2D eigenvalue weighted by molar-refractivity contribution is 0.277. The summed E-state index contributed by atoms with van der Waals surface area (Å²) in [6.07, 6.45) is 0.619. The van der Waals surface area contributed by atoms with Gasteiger partial charge in [-0.15, -0.1) is 22.7 Å². The molecule has 1 atom stereocenters. The average molecular weight is 318 g/mol. The zero-order valence-corrected chi connectivity index (χ0v) is 11.7. The molecular formula is C11H12BrNOS2.